The fourth-order valence-corrected chi connectivity index (χ4v) is 2.19. The Morgan fingerprint density at radius 1 is 1.62 bits per heavy atom. The quantitative estimate of drug-likeness (QED) is 0.721. The first kappa shape index (κ1) is 13.4. The minimum atomic E-state index is -0.684. The van der Waals surface area contributed by atoms with Crippen molar-refractivity contribution in [1.29, 1.82) is 0 Å². The fourth-order valence-electron chi connectivity index (χ4n) is 1.15. The second-order valence-electron chi connectivity index (χ2n) is 3.32. The van der Waals surface area contributed by atoms with Crippen molar-refractivity contribution in [2.24, 2.45) is 0 Å². The average Bonchev–Trinajstić information content (AvgIpc) is 2.69. The van der Waals surface area contributed by atoms with Gasteiger partial charge in [-0.1, -0.05) is 11.6 Å². The average molecular weight is 263 g/mol. The van der Waals surface area contributed by atoms with Crippen molar-refractivity contribution in [1.82, 2.24) is 10.6 Å². The van der Waals surface area contributed by atoms with E-state index in [-0.39, 0.29) is 12.5 Å². The van der Waals surface area contributed by atoms with Gasteiger partial charge in [-0.3, -0.25) is 4.79 Å². The number of hydrogen-bond acceptors (Lipinski definition) is 4. The standard InChI is InChI=1S/C10H15ClN2O2S/c1-12-5-4-10(15)13-6-7(14)8-2-3-9(11)16-8/h2-3,7,12,14H,4-6H2,1H3,(H,13,15). The normalized spacial score (nSPS) is 12.4. The van der Waals surface area contributed by atoms with Crippen LogP contribution in [0.5, 0.6) is 0 Å². The van der Waals surface area contributed by atoms with Crippen LogP contribution in [0.1, 0.15) is 17.4 Å². The van der Waals surface area contributed by atoms with Crippen molar-refractivity contribution < 1.29 is 9.90 Å². The van der Waals surface area contributed by atoms with Crippen LogP contribution in [-0.4, -0.2) is 31.2 Å². The van der Waals surface area contributed by atoms with Crippen molar-refractivity contribution >= 4 is 28.8 Å². The number of carbonyl (C=O) groups is 1. The Morgan fingerprint density at radius 3 is 2.94 bits per heavy atom. The van der Waals surface area contributed by atoms with E-state index >= 15 is 0 Å². The summed E-state index contributed by atoms with van der Waals surface area (Å²) in [4.78, 5) is 12.0. The number of hydrogen-bond donors (Lipinski definition) is 3. The second-order valence-corrected chi connectivity index (χ2v) is 5.06. The number of aliphatic hydroxyl groups is 1. The summed E-state index contributed by atoms with van der Waals surface area (Å²) in [5, 5.41) is 15.3. The maximum Gasteiger partial charge on any atom is 0.221 e. The van der Waals surface area contributed by atoms with Gasteiger partial charge in [0.25, 0.3) is 0 Å². The number of amides is 1. The molecule has 0 spiro atoms. The summed E-state index contributed by atoms with van der Waals surface area (Å²) in [7, 11) is 1.79. The topological polar surface area (TPSA) is 61.4 Å². The van der Waals surface area contributed by atoms with E-state index in [9.17, 15) is 9.90 Å². The third kappa shape index (κ3) is 4.49. The van der Waals surface area contributed by atoms with Gasteiger partial charge < -0.3 is 15.7 Å². The van der Waals surface area contributed by atoms with Crippen LogP contribution in [0, 0.1) is 0 Å². The summed E-state index contributed by atoms with van der Waals surface area (Å²) in [6.45, 7) is 0.853. The first-order valence-corrected chi connectivity index (χ1v) is 6.17. The SMILES string of the molecule is CNCCC(=O)NCC(O)c1ccc(Cl)s1. The van der Waals surface area contributed by atoms with Gasteiger partial charge in [-0.05, 0) is 19.2 Å². The number of aliphatic hydroxyl groups excluding tert-OH is 1. The van der Waals surface area contributed by atoms with E-state index in [0.717, 1.165) is 4.88 Å². The molecule has 0 saturated carbocycles. The number of carbonyl (C=O) groups excluding carboxylic acids is 1. The Balaban J connectivity index is 2.29. The van der Waals surface area contributed by atoms with E-state index in [2.05, 4.69) is 10.6 Å². The monoisotopic (exact) mass is 262 g/mol. The van der Waals surface area contributed by atoms with E-state index in [1.54, 1.807) is 19.2 Å². The fraction of sp³-hybridized carbons (Fsp3) is 0.500. The highest BCUT2D eigenvalue weighted by molar-refractivity contribution is 7.16. The van der Waals surface area contributed by atoms with Gasteiger partial charge in [-0.25, -0.2) is 0 Å². The summed E-state index contributed by atoms with van der Waals surface area (Å²) in [5.74, 6) is -0.0731. The molecule has 0 saturated heterocycles. The van der Waals surface area contributed by atoms with Gasteiger partial charge in [0.1, 0.15) is 6.10 Å². The molecule has 1 rings (SSSR count). The molecule has 1 unspecified atom stereocenters. The number of nitrogens with one attached hydrogen (secondary N) is 2. The molecule has 16 heavy (non-hydrogen) atoms. The lowest BCUT2D eigenvalue weighted by Crippen LogP contribution is -2.30. The van der Waals surface area contributed by atoms with Gasteiger partial charge in [0.2, 0.25) is 5.91 Å². The molecule has 1 aromatic heterocycles. The van der Waals surface area contributed by atoms with Crippen LogP contribution in [0.15, 0.2) is 12.1 Å². The lowest BCUT2D eigenvalue weighted by Gasteiger charge is -2.09. The molecule has 0 fully saturated rings. The van der Waals surface area contributed by atoms with Gasteiger partial charge >= 0.3 is 0 Å². The molecular formula is C10H15ClN2O2S. The van der Waals surface area contributed by atoms with Gasteiger partial charge in [0.15, 0.2) is 0 Å². The minimum Gasteiger partial charge on any atom is -0.386 e. The molecule has 6 heteroatoms. The van der Waals surface area contributed by atoms with Crippen LogP contribution in [0.3, 0.4) is 0 Å². The van der Waals surface area contributed by atoms with Gasteiger partial charge in [-0.15, -0.1) is 11.3 Å². The van der Waals surface area contributed by atoms with Crippen LogP contribution in [0.25, 0.3) is 0 Å². The molecule has 1 amide bonds. The third-order valence-corrected chi connectivity index (χ3v) is 3.35. The lowest BCUT2D eigenvalue weighted by molar-refractivity contribution is -0.121. The molecule has 1 aromatic rings. The molecule has 3 N–H and O–H groups in total. The summed E-state index contributed by atoms with van der Waals surface area (Å²) in [5.41, 5.74) is 0. The molecule has 0 aliphatic heterocycles. The maximum atomic E-state index is 11.3. The highest BCUT2D eigenvalue weighted by Gasteiger charge is 2.11. The number of thiophene rings is 1. The lowest BCUT2D eigenvalue weighted by atomic mass is 10.3. The zero-order valence-electron chi connectivity index (χ0n) is 9.00. The van der Waals surface area contributed by atoms with Crippen LogP contribution in [-0.2, 0) is 4.79 Å². The van der Waals surface area contributed by atoms with Crippen LogP contribution in [0.2, 0.25) is 4.34 Å². The van der Waals surface area contributed by atoms with Crippen LogP contribution in [0.4, 0.5) is 0 Å². The van der Waals surface area contributed by atoms with Gasteiger partial charge in [-0.2, -0.15) is 0 Å². The molecule has 0 radical (unpaired) electrons. The zero-order chi connectivity index (χ0) is 12.0. The molecular weight excluding hydrogens is 248 g/mol. The molecule has 4 nitrogen and oxygen atoms in total. The number of rotatable bonds is 6. The Hall–Kier alpha value is -0.620. The minimum absolute atomic E-state index is 0.0731. The highest BCUT2D eigenvalue weighted by atomic mass is 35.5. The van der Waals surface area contributed by atoms with Gasteiger partial charge in [0.05, 0.1) is 4.34 Å². The Bertz CT molecular complexity index is 343. The largest absolute Gasteiger partial charge is 0.386 e. The molecule has 1 heterocycles. The summed E-state index contributed by atoms with van der Waals surface area (Å²) >= 11 is 7.06. The van der Waals surface area contributed by atoms with Crippen molar-refractivity contribution in [3.8, 4) is 0 Å². The van der Waals surface area contributed by atoms with Crippen molar-refractivity contribution in [2.45, 2.75) is 12.5 Å². The zero-order valence-corrected chi connectivity index (χ0v) is 10.6. The van der Waals surface area contributed by atoms with Crippen LogP contribution >= 0.6 is 22.9 Å². The molecule has 0 aromatic carbocycles. The summed E-state index contributed by atoms with van der Waals surface area (Å²) < 4.78 is 0.635. The van der Waals surface area contributed by atoms with E-state index in [1.807, 2.05) is 0 Å². The first-order chi connectivity index (χ1) is 7.63. The van der Waals surface area contributed by atoms with E-state index < -0.39 is 6.10 Å². The summed E-state index contributed by atoms with van der Waals surface area (Å²) in [6, 6.07) is 3.49. The van der Waals surface area contributed by atoms with Crippen molar-refractivity contribution in [3.05, 3.63) is 21.3 Å². The van der Waals surface area contributed by atoms with Crippen LogP contribution < -0.4 is 10.6 Å². The van der Waals surface area contributed by atoms with Crippen molar-refractivity contribution in [2.75, 3.05) is 20.1 Å². The molecule has 0 bridgehead atoms. The van der Waals surface area contributed by atoms with E-state index in [1.165, 1.54) is 11.3 Å². The second kappa shape index (κ2) is 6.85. The predicted molar refractivity (Wildman–Crippen MR) is 65.8 cm³/mol. The first-order valence-electron chi connectivity index (χ1n) is 4.98. The smallest absolute Gasteiger partial charge is 0.221 e. The number of halogens is 1. The Labute approximate surface area is 104 Å². The predicted octanol–water partition coefficient (Wildman–Crippen LogP) is 1.16. The van der Waals surface area contributed by atoms with E-state index in [0.29, 0.717) is 17.3 Å². The summed E-state index contributed by atoms with van der Waals surface area (Å²) in [6.07, 6.45) is -0.273. The molecule has 0 aliphatic carbocycles. The molecule has 0 aliphatic rings. The molecule has 1 atom stereocenters. The van der Waals surface area contributed by atoms with E-state index in [4.69, 9.17) is 11.6 Å². The Kier molecular flexibility index (Phi) is 5.76. The van der Waals surface area contributed by atoms with Gasteiger partial charge in [0, 0.05) is 24.4 Å². The molecule has 90 valence electrons. The maximum absolute atomic E-state index is 11.3. The van der Waals surface area contributed by atoms with Crippen molar-refractivity contribution in [3.63, 3.8) is 0 Å². The Morgan fingerprint density at radius 2 is 2.38 bits per heavy atom. The third-order valence-electron chi connectivity index (χ3n) is 2.02. The highest BCUT2D eigenvalue weighted by Crippen LogP contribution is 2.26.